The van der Waals surface area contributed by atoms with E-state index in [1.807, 2.05) is 30.7 Å². The fourth-order valence-electron chi connectivity index (χ4n) is 2.08. The Morgan fingerprint density at radius 2 is 2.11 bits per heavy atom. The van der Waals surface area contributed by atoms with Crippen molar-refractivity contribution in [2.45, 2.75) is 26.3 Å². The van der Waals surface area contributed by atoms with Crippen molar-refractivity contribution in [3.8, 4) is 11.3 Å². The van der Waals surface area contributed by atoms with Gasteiger partial charge in [-0.1, -0.05) is 30.3 Å². The van der Waals surface area contributed by atoms with Crippen molar-refractivity contribution in [3.63, 3.8) is 0 Å². The lowest BCUT2D eigenvalue weighted by molar-refractivity contribution is -0.118. The predicted molar refractivity (Wildman–Crippen MR) is 75.7 cm³/mol. The number of aromatic nitrogens is 2. The van der Waals surface area contributed by atoms with E-state index in [2.05, 4.69) is 33.9 Å². The molecule has 2 aromatic rings. The molecular weight excluding hydrogens is 238 g/mol. The number of imidazole rings is 1. The maximum absolute atomic E-state index is 10.9. The van der Waals surface area contributed by atoms with Gasteiger partial charge in [0.1, 0.15) is 0 Å². The first-order chi connectivity index (χ1) is 9.18. The minimum absolute atomic E-state index is 0.0149. The van der Waals surface area contributed by atoms with Crippen molar-refractivity contribution >= 4 is 5.91 Å². The zero-order valence-corrected chi connectivity index (χ0v) is 11.3. The molecule has 1 aromatic heterocycles. The van der Waals surface area contributed by atoms with E-state index < -0.39 is 0 Å². The number of nitrogens with zero attached hydrogens (tertiary/aromatic N) is 2. The molecule has 0 spiro atoms. The van der Waals surface area contributed by atoms with Crippen LogP contribution < -0.4 is 5.32 Å². The maximum Gasteiger partial charge on any atom is 0.216 e. The molecule has 0 aliphatic carbocycles. The Morgan fingerprint density at radius 1 is 1.37 bits per heavy atom. The van der Waals surface area contributed by atoms with Gasteiger partial charge in [-0.3, -0.25) is 4.79 Å². The highest BCUT2D eigenvalue weighted by atomic mass is 16.1. The predicted octanol–water partition coefficient (Wildman–Crippen LogP) is 2.64. The van der Waals surface area contributed by atoms with Crippen LogP contribution in [0.5, 0.6) is 0 Å². The van der Waals surface area contributed by atoms with E-state index in [0.29, 0.717) is 12.6 Å². The standard InChI is InChI=1S/C15H19N3O/c1-12(8-9-17-13(2)19)18-11-16-10-15(18)14-6-4-3-5-7-14/h3-7,10-12H,8-9H2,1-2H3,(H,17,19). The number of nitrogens with one attached hydrogen (secondary N) is 1. The number of benzene rings is 1. The summed E-state index contributed by atoms with van der Waals surface area (Å²) in [7, 11) is 0. The SMILES string of the molecule is CC(=O)NCCC(C)n1cncc1-c1ccccc1. The molecule has 1 atom stereocenters. The van der Waals surface area contributed by atoms with E-state index in [1.54, 1.807) is 0 Å². The normalized spacial score (nSPS) is 12.1. The van der Waals surface area contributed by atoms with Crippen molar-refractivity contribution in [1.29, 1.82) is 0 Å². The average molecular weight is 257 g/mol. The summed E-state index contributed by atoms with van der Waals surface area (Å²) < 4.78 is 2.15. The Hall–Kier alpha value is -2.10. The van der Waals surface area contributed by atoms with Gasteiger partial charge in [0.05, 0.1) is 18.2 Å². The number of carbonyl (C=O) groups is 1. The quantitative estimate of drug-likeness (QED) is 0.895. The fourth-order valence-corrected chi connectivity index (χ4v) is 2.08. The molecule has 1 amide bonds. The van der Waals surface area contributed by atoms with Gasteiger partial charge in [0.15, 0.2) is 0 Å². The number of carbonyl (C=O) groups excluding carboxylic acids is 1. The van der Waals surface area contributed by atoms with Crippen LogP contribution in [0.4, 0.5) is 0 Å². The van der Waals surface area contributed by atoms with Crippen LogP contribution in [0.3, 0.4) is 0 Å². The molecule has 2 rings (SSSR count). The number of rotatable bonds is 5. The van der Waals surface area contributed by atoms with Crippen LogP contribution in [0.15, 0.2) is 42.9 Å². The lowest BCUT2D eigenvalue weighted by Gasteiger charge is -2.16. The molecule has 4 heteroatoms. The van der Waals surface area contributed by atoms with E-state index in [0.717, 1.165) is 17.7 Å². The van der Waals surface area contributed by atoms with Gasteiger partial charge in [-0.05, 0) is 18.9 Å². The Bertz CT molecular complexity index is 533. The summed E-state index contributed by atoms with van der Waals surface area (Å²) in [6.45, 7) is 4.36. The summed E-state index contributed by atoms with van der Waals surface area (Å²) in [6, 6.07) is 10.5. The maximum atomic E-state index is 10.9. The van der Waals surface area contributed by atoms with Crippen LogP contribution in [0, 0.1) is 0 Å². The van der Waals surface area contributed by atoms with Gasteiger partial charge >= 0.3 is 0 Å². The van der Waals surface area contributed by atoms with Crippen LogP contribution in [0.25, 0.3) is 11.3 Å². The molecule has 19 heavy (non-hydrogen) atoms. The lowest BCUT2D eigenvalue weighted by Crippen LogP contribution is -2.23. The van der Waals surface area contributed by atoms with Crippen LogP contribution in [-0.4, -0.2) is 22.0 Å². The molecular formula is C15H19N3O. The molecule has 0 saturated heterocycles. The molecule has 4 nitrogen and oxygen atoms in total. The summed E-state index contributed by atoms with van der Waals surface area (Å²) >= 11 is 0. The van der Waals surface area contributed by atoms with Crippen molar-refractivity contribution in [1.82, 2.24) is 14.9 Å². The third kappa shape index (κ3) is 3.44. The largest absolute Gasteiger partial charge is 0.356 e. The van der Waals surface area contributed by atoms with Crippen LogP contribution in [0.2, 0.25) is 0 Å². The van der Waals surface area contributed by atoms with Gasteiger partial charge in [-0.25, -0.2) is 4.98 Å². The molecule has 1 unspecified atom stereocenters. The topological polar surface area (TPSA) is 46.9 Å². The van der Waals surface area contributed by atoms with Gasteiger partial charge in [0.25, 0.3) is 0 Å². The molecule has 0 bridgehead atoms. The number of amides is 1. The van der Waals surface area contributed by atoms with Gasteiger partial charge in [-0.2, -0.15) is 0 Å². The third-order valence-electron chi connectivity index (χ3n) is 3.15. The summed E-state index contributed by atoms with van der Waals surface area (Å²) in [5.41, 5.74) is 2.27. The van der Waals surface area contributed by atoms with Gasteiger partial charge in [0.2, 0.25) is 5.91 Å². The molecule has 0 saturated carbocycles. The Morgan fingerprint density at radius 3 is 2.79 bits per heavy atom. The monoisotopic (exact) mass is 257 g/mol. The Balaban J connectivity index is 2.09. The summed E-state index contributed by atoms with van der Waals surface area (Å²) in [4.78, 5) is 15.1. The highest BCUT2D eigenvalue weighted by Crippen LogP contribution is 2.23. The molecule has 0 radical (unpaired) electrons. The molecule has 1 N–H and O–H groups in total. The zero-order valence-electron chi connectivity index (χ0n) is 11.3. The first-order valence-electron chi connectivity index (χ1n) is 6.50. The molecule has 1 aromatic carbocycles. The smallest absolute Gasteiger partial charge is 0.216 e. The van der Waals surface area contributed by atoms with Crippen LogP contribution >= 0.6 is 0 Å². The van der Waals surface area contributed by atoms with Crippen molar-refractivity contribution < 1.29 is 4.79 Å². The second-order valence-electron chi connectivity index (χ2n) is 4.67. The average Bonchev–Trinajstić information content (AvgIpc) is 2.88. The first-order valence-corrected chi connectivity index (χ1v) is 6.50. The van der Waals surface area contributed by atoms with Gasteiger partial charge in [0, 0.05) is 19.5 Å². The van der Waals surface area contributed by atoms with Crippen LogP contribution in [-0.2, 0) is 4.79 Å². The highest BCUT2D eigenvalue weighted by Gasteiger charge is 2.10. The van der Waals surface area contributed by atoms with Crippen molar-refractivity contribution in [2.75, 3.05) is 6.54 Å². The van der Waals surface area contributed by atoms with E-state index in [1.165, 1.54) is 6.92 Å². The second-order valence-corrected chi connectivity index (χ2v) is 4.67. The lowest BCUT2D eigenvalue weighted by atomic mass is 10.1. The number of hydrogen-bond donors (Lipinski definition) is 1. The van der Waals surface area contributed by atoms with E-state index in [-0.39, 0.29) is 5.91 Å². The molecule has 100 valence electrons. The van der Waals surface area contributed by atoms with Gasteiger partial charge in [-0.15, -0.1) is 0 Å². The summed E-state index contributed by atoms with van der Waals surface area (Å²) in [5, 5.41) is 2.82. The van der Waals surface area contributed by atoms with Crippen molar-refractivity contribution in [3.05, 3.63) is 42.9 Å². The minimum Gasteiger partial charge on any atom is -0.356 e. The summed E-state index contributed by atoms with van der Waals surface area (Å²) in [6.07, 6.45) is 4.61. The molecule has 0 aliphatic rings. The Labute approximate surface area is 113 Å². The fraction of sp³-hybridized carbons (Fsp3) is 0.333. The van der Waals surface area contributed by atoms with Crippen molar-refractivity contribution in [2.24, 2.45) is 0 Å². The van der Waals surface area contributed by atoms with E-state index >= 15 is 0 Å². The molecule has 0 aliphatic heterocycles. The Kier molecular flexibility index (Phi) is 4.34. The minimum atomic E-state index is 0.0149. The summed E-state index contributed by atoms with van der Waals surface area (Å²) in [5.74, 6) is 0.0149. The zero-order chi connectivity index (χ0) is 13.7. The van der Waals surface area contributed by atoms with Crippen LogP contribution in [0.1, 0.15) is 26.3 Å². The second kappa shape index (κ2) is 6.18. The van der Waals surface area contributed by atoms with E-state index in [4.69, 9.17) is 0 Å². The first kappa shape index (κ1) is 13.3. The highest BCUT2D eigenvalue weighted by molar-refractivity contribution is 5.72. The number of hydrogen-bond acceptors (Lipinski definition) is 2. The third-order valence-corrected chi connectivity index (χ3v) is 3.15. The molecule has 0 fully saturated rings. The molecule has 1 heterocycles. The van der Waals surface area contributed by atoms with E-state index in [9.17, 15) is 4.79 Å². The van der Waals surface area contributed by atoms with Gasteiger partial charge < -0.3 is 9.88 Å².